The highest BCUT2D eigenvalue weighted by molar-refractivity contribution is 4.90. The highest BCUT2D eigenvalue weighted by Gasteiger charge is 2.40. The van der Waals surface area contributed by atoms with Crippen molar-refractivity contribution in [2.24, 2.45) is 11.3 Å². The van der Waals surface area contributed by atoms with E-state index in [4.69, 9.17) is 10.00 Å². The molecular weight excluding hydrogens is 233 g/mol. The molecule has 0 aromatic heterocycles. The first-order chi connectivity index (χ1) is 7.87. The zero-order valence-corrected chi connectivity index (χ0v) is 9.81. The van der Waals surface area contributed by atoms with Crippen molar-refractivity contribution in [1.29, 1.82) is 5.26 Å². The van der Waals surface area contributed by atoms with Crippen LogP contribution >= 0.6 is 0 Å². The third-order valence-electron chi connectivity index (χ3n) is 3.15. The Bertz CT molecular complexity index is 279. The largest absolute Gasteiger partial charge is 0.405 e. The average molecular weight is 250 g/mol. The zero-order chi connectivity index (χ0) is 12.9. The summed E-state index contributed by atoms with van der Waals surface area (Å²) in [4.78, 5) is 0. The fourth-order valence-electron chi connectivity index (χ4n) is 1.79. The molecule has 98 valence electrons. The van der Waals surface area contributed by atoms with Crippen LogP contribution in [0, 0.1) is 22.7 Å². The summed E-state index contributed by atoms with van der Waals surface area (Å²) in [5.74, 6) is -1.93. The Morgan fingerprint density at radius 3 is 2.47 bits per heavy atom. The van der Waals surface area contributed by atoms with Gasteiger partial charge < -0.3 is 10.1 Å². The second-order valence-corrected chi connectivity index (χ2v) is 4.78. The molecular formula is C11H17F3N2O. The number of halogens is 3. The van der Waals surface area contributed by atoms with Gasteiger partial charge in [0.15, 0.2) is 5.92 Å². The van der Waals surface area contributed by atoms with E-state index in [0.717, 1.165) is 12.8 Å². The smallest absolute Gasteiger partial charge is 0.381 e. The molecule has 6 heteroatoms. The fourth-order valence-corrected chi connectivity index (χ4v) is 1.79. The predicted molar refractivity (Wildman–Crippen MR) is 56.2 cm³/mol. The van der Waals surface area contributed by atoms with Gasteiger partial charge in [0.25, 0.3) is 0 Å². The molecule has 1 unspecified atom stereocenters. The second-order valence-electron chi connectivity index (χ2n) is 4.78. The molecule has 0 aromatic carbocycles. The molecule has 1 atom stereocenters. The van der Waals surface area contributed by atoms with Crippen LogP contribution in [0.1, 0.15) is 19.8 Å². The quantitative estimate of drug-likeness (QED) is 0.831. The van der Waals surface area contributed by atoms with Crippen molar-refractivity contribution >= 4 is 0 Å². The molecule has 1 heterocycles. The van der Waals surface area contributed by atoms with Gasteiger partial charge >= 0.3 is 6.18 Å². The monoisotopic (exact) mass is 250 g/mol. The van der Waals surface area contributed by atoms with Gasteiger partial charge in [0.05, 0.1) is 6.07 Å². The van der Waals surface area contributed by atoms with Crippen molar-refractivity contribution < 1.29 is 17.9 Å². The van der Waals surface area contributed by atoms with E-state index >= 15 is 0 Å². The standard InChI is InChI=1S/C11H17F3N2O/c1-10(2-4-17-5-3-10)8-16-7-9(6-15)11(12,13)14/h9,16H,2-5,7-8H2,1H3. The van der Waals surface area contributed by atoms with E-state index in [1.54, 1.807) is 0 Å². The first-order valence-electron chi connectivity index (χ1n) is 5.62. The normalized spacial score (nSPS) is 21.8. The first-order valence-corrected chi connectivity index (χ1v) is 5.62. The van der Waals surface area contributed by atoms with Crippen molar-refractivity contribution in [1.82, 2.24) is 5.32 Å². The van der Waals surface area contributed by atoms with Crippen molar-refractivity contribution in [3.05, 3.63) is 0 Å². The van der Waals surface area contributed by atoms with Crippen LogP contribution in [-0.4, -0.2) is 32.5 Å². The molecule has 1 aliphatic rings. The molecule has 17 heavy (non-hydrogen) atoms. The number of hydrogen-bond acceptors (Lipinski definition) is 3. The summed E-state index contributed by atoms with van der Waals surface area (Å²) in [6.07, 6.45) is -2.77. The maximum Gasteiger partial charge on any atom is 0.405 e. The molecule has 1 saturated heterocycles. The molecule has 1 fully saturated rings. The van der Waals surface area contributed by atoms with Crippen LogP contribution in [0.2, 0.25) is 0 Å². The highest BCUT2D eigenvalue weighted by Crippen LogP contribution is 2.29. The molecule has 0 radical (unpaired) electrons. The van der Waals surface area contributed by atoms with Gasteiger partial charge in [-0.25, -0.2) is 0 Å². The van der Waals surface area contributed by atoms with Crippen LogP contribution in [-0.2, 0) is 4.74 Å². The molecule has 1 N–H and O–H groups in total. The van der Waals surface area contributed by atoms with E-state index in [0.29, 0.717) is 19.8 Å². The summed E-state index contributed by atoms with van der Waals surface area (Å²) in [7, 11) is 0. The van der Waals surface area contributed by atoms with Crippen molar-refractivity contribution in [3.8, 4) is 6.07 Å². The molecule has 1 aliphatic heterocycles. The molecule has 0 spiro atoms. The van der Waals surface area contributed by atoms with Gasteiger partial charge in [-0.05, 0) is 18.3 Å². The number of nitrogens with one attached hydrogen (secondary N) is 1. The topological polar surface area (TPSA) is 45.0 Å². The molecule has 0 aromatic rings. The minimum absolute atomic E-state index is 0.0240. The maximum absolute atomic E-state index is 12.3. The van der Waals surface area contributed by atoms with Gasteiger partial charge in [-0.2, -0.15) is 18.4 Å². The van der Waals surface area contributed by atoms with Gasteiger partial charge in [-0.1, -0.05) is 6.92 Å². The molecule has 1 rings (SSSR count). The number of nitrogens with zero attached hydrogens (tertiary/aromatic N) is 1. The van der Waals surface area contributed by atoms with Crippen LogP contribution in [0.4, 0.5) is 13.2 Å². The van der Waals surface area contributed by atoms with Gasteiger partial charge in [0.1, 0.15) is 0 Å². The van der Waals surface area contributed by atoms with Crippen LogP contribution in [0.15, 0.2) is 0 Å². The summed E-state index contributed by atoms with van der Waals surface area (Å²) in [6.45, 7) is 3.48. The predicted octanol–water partition coefficient (Wildman–Crippen LogP) is 2.09. The van der Waals surface area contributed by atoms with E-state index in [2.05, 4.69) is 5.32 Å². The third kappa shape index (κ3) is 4.52. The maximum atomic E-state index is 12.3. The Balaban J connectivity index is 2.34. The number of hydrogen-bond donors (Lipinski definition) is 1. The van der Waals surface area contributed by atoms with Crippen LogP contribution in [0.25, 0.3) is 0 Å². The summed E-state index contributed by atoms with van der Waals surface area (Å²) in [5, 5.41) is 11.2. The Hall–Kier alpha value is -0.800. The Morgan fingerprint density at radius 1 is 1.41 bits per heavy atom. The van der Waals surface area contributed by atoms with E-state index in [1.807, 2.05) is 6.92 Å². The first kappa shape index (κ1) is 14.3. The lowest BCUT2D eigenvalue weighted by molar-refractivity contribution is -0.158. The van der Waals surface area contributed by atoms with Crippen molar-refractivity contribution in [2.75, 3.05) is 26.3 Å². The van der Waals surface area contributed by atoms with Gasteiger partial charge in [0, 0.05) is 26.3 Å². The lowest BCUT2D eigenvalue weighted by atomic mass is 9.82. The number of rotatable bonds is 4. The van der Waals surface area contributed by atoms with Crippen LogP contribution < -0.4 is 5.32 Å². The zero-order valence-electron chi connectivity index (χ0n) is 9.81. The van der Waals surface area contributed by atoms with Crippen LogP contribution in [0.3, 0.4) is 0 Å². The second kappa shape index (κ2) is 5.69. The molecule has 0 saturated carbocycles. The number of alkyl halides is 3. The van der Waals surface area contributed by atoms with Gasteiger partial charge in [-0.3, -0.25) is 0 Å². The summed E-state index contributed by atoms with van der Waals surface area (Å²) < 4.78 is 42.1. The van der Waals surface area contributed by atoms with E-state index in [-0.39, 0.29) is 12.0 Å². The lowest BCUT2D eigenvalue weighted by Gasteiger charge is -2.34. The molecule has 0 aliphatic carbocycles. The molecule has 3 nitrogen and oxygen atoms in total. The number of ether oxygens (including phenoxy) is 1. The van der Waals surface area contributed by atoms with Crippen molar-refractivity contribution in [3.63, 3.8) is 0 Å². The minimum Gasteiger partial charge on any atom is -0.381 e. The summed E-state index contributed by atoms with van der Waals surface area (Å²) in [5.41, 5.74) is -0.0240. The van der Waals surface area contributed by atoms with E-state index < -0.39 is 12.1 Å². The summed E-state index contributed by atoms with van der Waals surface area (Å²) in [6, 6.07) is 1.28. The number of nitriles is 1. The molecule has 0 bridgehead atoms. The van der Waals surface area contributed by atoms with Gasteiger partial charge in [-0.15, -0.1) is 0 Å². The highest BCUT2D eigenvalue weighted by atomic mass is 19.4. The van der Waals surface area contributed by atoms with Crippen molar-refractivity contribution in [2.45, 2.75) is 25.9 Å². The third-order valence-corrected chi connectivity index (χ3v) is 3.15. The summed E-state index contributed by atoms with van der Waals surface area (Å²) >= 11 is 0. The van der Waals surface area contributed by atoms with Gasteiger partial charge in [0.2, 0.25) is 0 Å². The molecule has 0 amide bonds. The van der Waals surface area contributed by atoms with Crippen LogP contribution in [0.5, 0.6) is 0 Å². The lowest BCUT2D eigenvalue weighted by Crippen LogP contribution is -2.40. The fraction of sp³-hybridized carbons (Fsp3) is 0.909. The SMILES string of the molecule is CC1(CNCC(C#N)C(F)(F)F)CCOCC1. The Morgan fingerprint density at radius 2 is 2.00 bits per heavy atom. The Kier molecular flexibility index (Phi) is 4.78. The van der Waals surface area contributed by atoms with E-state index in [1.165, 1.54) is 6.07 Å². The van der Waals surface area contributed by atoms with E-state index in [9.17, 15) is 13.2 Å². The average Bonchev–Trinajstić information content (AvgIpc) is 2.23. The Labute approximate surface area is 98.9 Å². The minimum atomic E-state index is -4.45.